The first-order chi connectivity index (χ1) is 13.0. The van der Waals surface area contributed by atoms with E-state index in [-0.39, 0.29) is 30.0 Å². The third-order valence-electron chi connectivity index (χ3n) is 5.95. The molecular formula is C22H40O5. The molecule has 0 amide bonds. The number of hydrogen-bond acceptors (Lipinski definition) is 5. The maximum absolute atomic E-state index is 12.4. The Bertz CT molecular complexity index is 423. The van der Waals surface area contributed by atoms with Crippen molar-refractivity contribution in [1.82, 2.24) is 0 Å². The quantitative estimate of drug-likeness (QED) is 0.334. The SMILES string of the molecule is CCCCC(O)CCC[C@H]1[C@H](OC)CC(=O)[C@@H]1CCCCCCC(=O)OC. The van der Waals surface area contributed by atoms with Gasteiger partial charge in [0.05, 0.1) is 19.3 Å². The largest absolute Gasteiger partial charge is 0.469 e. The number of carbonyl (C=O) groups excluding carboxylic acids is 2. The van der Waals surface area contributed by atoms with Gasteiger partial charge in [-0.3, -0.25) is 9.59 Å². The van der Waals surface area contributed by atoms with Crippen molar-refractivity contribution in [2.45, 2.75) is 103 Å². The number of ketones is 1. The molecular weight excluding hydrogens is 344 g/mol. The Morgan fingerprint density at radius 2 is 1.78 bits per heavy atom. The number of methoxy groups -OCH3 is 2. The molecule has 5 nitrogen and oxygen atoms in total. The van der Waals surface area contributed by atoms with Crippen LogP contribution in [0.3, 0.4) is 0 Å². The molecule has 0 aromatic heterocycles. The van der Waals surface area contributed by atoms with Crippen LogP contribution in [-0.4, -0.2) is 43.3 Å². The summed E-state index contributed by atoms with van der Waals surface area (Å²) in [5, 5.41) is 10.0. The molecule has 0 aliphatic heterocycles. The Morgan fingerprint density at radius 3 is 2.44 bits per heavy atom. The number of esters is 1. The van der Waals surface area contributed by atoms with Crippen LogP contribution in [0.15, 0.2) is 0 Å². The van der Waals surface area contributed by atoms with Crippen molar-refractivity contribution in [2.24, 2.45) is 11.8 Å². The lowest BCUT2D eigenvalue weighted by molar-refractivity contribution is -0.140. The fourth-order valence-corrected chi connectivity index (χ4v) is 4.28. The van der Waals surface area contributed by atoms with Crippen molar-refractivity contribution in [3.8, 4) is 0 Å². The first-order valence-electron chi connectivity index (χ1n) is 10.8. The summed E-state index contributed by atoms with van der Waals surface area (Å²) in [5.74, 6) is 0.581. The molecule has 27 heavy (non-hydrogen) atoms. The average molecular weight is 385 g/mol. The summed E-state index contributed by atoms with van der Waals surface area (Å²) < 4.78 is 10.2. The van der Waals surface area contributed by atoms with Gasteiger partial charge in [-0.1, -0.05) is 45.4 Å². The van der Waals surface area contributed by atoms with E-state index in [1.165, 1.54) is 7.11 Å². The van der Waals surface area contributed by atoms with Crippen molar-refractivity contribution in [3.05, 3.63) is 0 Å². The van der Waals surface area contributed by atoms with Crippen LogP contribution in [0.5, 0.6) is 0 Å². The molecule has 0 bridgehead atoms. The topological polar surface area (TPSA) is 72.8 Å². The molecule has 5 heteroatoms. The molecule has 0 aromatic rings. The number of carbonyl (C=O) groups is 2. The van der Waals surface area contributed by atoms with Crippen LogP contribution in [0.2, 0.25) is 0 Å². The highest BCUT2D eigenvalue weighted by Gasteiger charge is 2.41. The second kappa shape index (κ2) is 14.1. The lowest BCUT2D eigenvalue weighted by atomic mass is 9.85. The Kier molecular flexibility index (Phi) is 12.6. The Hall–Kier alpha value is -0.940. The molecule has 1 unspecified atom stereocenters. The van der Waals surface area contributed by atoms with Crippen LogP contribution in [0.1, 0.15) is 90.4 Å². The second-order valence-electron chi connectivity index (χ2n) is 7.97. The Morgan fingerprint density at radius 1 is 1.07 bits per heavy atom. The number of Topliss-reactive ketones (excluding diaryl/α,β-unsaturated/α-hetero) is 1. The molecule has 1 saturated carbocycles. The molecule has 0 heterocycles. The van der Waals surface area contributed by atoms with E-state index in [4.69, 9.17) is 4.74 Å². The van der Waals surface area contributed by atoms with E-state index in [2.05, 4.69) is 11.7 Å². The van der Waals surface area contributed by atoms with Crippen molar-refractivity contribution in [3.63, 3.8) is 0 Å². The highest BCUT2D eigenvalue weighted by molar-refractivity contribution is 5.84. The predicted molar refractivity (Wildman–Crippen MR) is 107 cm³/mol. The van der Waals surface area contributed by atoms with Crippen LogP contribution in [-0.2, 0) is 19.1 Å². The monoisotopic (exact) mass is 384 g/mol. The van der Waals surface area contributed by atoms with Gasteiger partial charge >= 0.3 is 5.97 Å². The van der Waals surface area contributed by atoms with Gasteiger partial charge < -0.3 is 14.6 Å². The number of unbranched alkanes of at least 4 members (excludes halogenated alkanes) is 4. The zero-order valence-electron chi connectivity index (χ0n) is 17.6. The summed E-state index contributed by atoms with van der Waals surface area (Å²) >= 11 is 0. The third-order valence-corrected chi connectivity index (χ3v) is 5.95. The van der Waals surface area contributed by atoms with E-state index in [9.17, 15) is 14.7 Å². The lowest BCUT2D eigenvalue weighted by Gasteiger charge is -2.23. The standard InChI is InChI=1S/C22H40O5/c1-4-5-11-17(23)12-10-14-19-18(20(24)16-21(19)26-2)13-8-6-7-9-15-22(25)27-3/h17-19,21,23H,4-16H2,1-3H3/t17?,18-,19-,21-/m1/s1. The van der Waals surface area contributed by atoms with Crippen LogP contribution >= 0.6 is 0 Å². The van der Waals surface area contributed by atoms with Gasteiger partial charge in [0.2, 0.25) is 0 Å². The fourth-order valence-electron chi connectivity index (χ4n) is 4.28. The minimum Gasteiger partial charge on any atom is -0.469 e. The van der Waals surface area contributed by atoms with E-state index in [1.54, 1.807) is 7.11 Å². The van der Waals surface area contributed by atoms with Gasteiger partial charge in [0.1, 0.15) is 5.78 Å². The van der Waals surface area contributed by atoms with Crippen LogP contribution in [0.4, 0.5) is 0 Å². The van der Waals surface area contributed by atoms with Crippen molar-refractivity contribution in [2.75, 3.05) is 14.2 Å². The smallest absolute Gasteiger partial charge is 0.305 e. The normalized spacial score (nSPS) is 23.6. The van der Waals surface area contributed by atoms with E-state index >= 15 is 0 Å². The Labute approximate surface area is 165 Å². The number of aliphatic hydroxyl groups is 1. The van der Waals surface area contributed by atoms with Gasteiger partial charge in [0.25, 0.3) is 0 Å². The van der Waals surface area contributed by atoms with Crippen molar-refractivity contribution >= 4 is 11.8 Å². The molecule has 0 aromatic carbocycles. The molecule has 1 fully saturated rings. The highest BCUT2D eigenvalue weighted by Crippen LogP contribution is 2.38. The van der Waals surface area contributed by atoms with E-state index in [0.29, 0.717) is 18.6 Å². The summed E-state index contributed by atoms with van der Waals surface area (Å²) in [6, 6.07) is 0. The van der Waals surface area contributed by atoms with Gasteiger partial charge in [-0.25, -0.2) is 0 Å². The van der Waals surface area contributed by atoms with Crippen molar-refractivity contribution < 1.29 is 24.2 Å². The minimum atomic E-state index is -0.212. The second-order valence-corrected chi connectivity index (χ2v) is 7.97. The maximum atomic E-state index is 12.4. The van der Waals surface area contributed by atoms with E-state index < -0.39 is 0 Å². The van der Waals surface area contributed by atoms with Gasteiger partial charge in [0.15, 0.2) is 0 Å². The van der Waals surface area contributed by atoms with Gasteiger partial charge in [-0.2, -0.15) is 0 Å². The van der Waals surface area contributed by atoms with Crippen LogP contribution in [0.25, 0.3) is 0 Å². The molecule has 0 spiro atoms. The van der Waals surface area contributed by atoms with Crippen LogP contribution < -0.4 is 0 Å². The third kappa shape index (κ3) is 9.20. The van der Waals surface area contributed by atoms with E-state index in [0.717, 1.165) is 70.6 Å². The highest BCUT2D eigenvalue weighted by atomic mass is 16.5. The first kappa shape index (κ1) is 24.1. The molecule has 0 saturated heterocycles. The molecule has 1 rings (SSSR count). The summed E-state index contributed by atoms with van der Waals surface area (Å²) in [4.78, 5) is 23.6. The average Bonchev–Trinajstić information content (AvgIpc) is 2.97. The summed E-state index contributed by atoms with van der Waals surface area (Å²) in [6.45, 7) is 2.14. The number of ether oxygens (including phenoxy) is 2. The fraction of sp³-hybridized carbons (Fsp3) is 0.909. The number of aliphatic hydroxyl groups excluding tert-OH is 1. The molecule has 158 valence electrons. The van der Waals surface area contributed by atoms with Crippen molar-refractivity contribution in [1.29, 1.82) is 0 Å². The summed E-state index contributed by atoms with van der Waals surface area (Å²) in [7, 11) is 3.12. The van der Waals surface area contributed by atoms with Gasteiger partial charge in [0, 0.05) is 25.9 Å². The van der Waals surface area contributed by atoms with Gasteiger partial charge in [-0.15, -0.1) is 0 Å². The molecule has 0 radical (unpaired) electrons. The Balaban J connectivity index is 2.34. The first-order valence-corrected chi connectivity index (χ1v) is 10.8. The molecule has 1 N–H and O–H groups in total. The molecule has 1 aliphatic carbocycles. The summed E-state index contributed by atoms with van der Waals surface area (Å²) in [5.41, 5.74) is 0. The zero-order valence-corrected chi connectivity index (χ0v) is 17.6. The lowest BCUT2D eigenvalue weighted by Crippen LogP contribution is -2.23. The van der Waals surface area contributed by atoms with E-state index in [1.807, 2.05) is 0 Å². The predicted octanol–water partition coefficient (Wildman–Crippen LogP) is 4.44. The number of hydrogen-bond donors (Lipinski definition) is 1. The zero-order chi connectivity index (χ0) is 20.1. The minimum absolute atomic E-state index is 0.0367. The van der Waals surface area contributed by atoms with Gasteiger partial charge in [-0.05, 0) is 38.0 Å². The molecule has 4 atom stereocenters. The van der Waals surface area contributed by atoms with Crippen LogP contribution in [0, 0.1) is 11.8 Å². The summed E-state index contributed by atoms with van der Waals surface area (Å²) in [6.07, 6.45) is 11.5. The maximum Gasteiger partial charge on any atom is 0.305 e. The number of rotatable bonds is 15. The molecule has 1 aliphatic rings.